The highest BCUT2D eigenvalue weighted by Gasteiger charge is 2.28. The molecule has 0 aliphatic carbocycles. The van der Waals surface area contributed by atoms with Gasteiger partial charge >= 0.3 is 0 Å². The molecule has 2 aliphatic rings. The molecule has 5 rings (SSSR count). The summed E-state index contributed by atoms with van der Waals surface area (Å²) in [6.07, 6.45) is 1.87. The predicted octanol–water partition coefficient (Wildman–Crippen LogP) is 3.90. The third-order valence-corrected chi connectivity index (χ3v) is 8.89. The fourth-order valence-corrected chi connectivity index (χ4v) is 6.45. The van der Waals surface area contributed by atoms with Gasteiger partial charge in [-0.15, -0.1) is 0 Å². The summed E-state index contributed by atoms with van der Waals surface area (Å²) in [5.41, 5.74) is 5.57. The Balaban J connectivity index is 1.48. The van der Waals surface area contributed by atoms with E-state index < -0.39 is 0 Å². The van der Waals surface area contributed by atoms with Crippen molar-refractivity contribution in [3.63, 3.8) is 0 Å². The molecular weight excluding hydrogens is 532 g/mol. The van der Waals surface area contributed by atoms with Crippen LogP contribution in [0, 0.1) is 20.8 Å². The van der Waals surface area contributed by atoms with Gasteiger partial charge < -0.3 is 24.4 Å². The van der Waals surface area contributed by atoms with Crippen molar-refractivity contribution < 1.29 is 13.9 Å². The van der Waals surface area contributed by atoms with E-state index in [1.165, 1.54) is 0 Å². The van der Waals surface area contributed by atoms with Crippen LogP contribution in [0.5, 0.6) is 0 Å². The second kappa shape index (κ2) is 13.0. The van der Waals surface area contributed by atoms with Gasteiger partial charge in [-0.05, 0) is 71.6 Å². The summed E-state index contributed by atoms with van der Waals surface area (Å²) < 4.78 is 12.0. The summed E-state index contributed by atoms with van der Waals surface area (Å²) in [7, 11) is 0. The van der Waals surface area contributed by atoms with Crippen LogP contribution < -0.4 is 15.8 Å². The zero-order chi connectivity index (χ0) is 30.0. The van der Waals surface area contributed by atoms with Crippen LogP contribution in [0.1, 0.15) is 72.2 Å². The lowest BCUT2D eigenvalue weighted by Crippen LogP contribution is -2.48. The maximum absolute atomic E-state index is 13.9. The molecule has 2 N–H and O–H groups in total. The van der Waals surface area contributed by atoms with Crippen LogP contribution in [-0.2, 0) is 17.8 Å². The van der Waals surface area contributed by atoms with Gasteiger partial charge in [-0.3, -0.25) is 19.4 Å². The van der Waals surface area contributed by atoms with E-state index in [1.807, 2.05) is 26.8 Å². The van der Waals surface area contributed by atoms with Crippen LogP contribution >= 0.6 is 0 Å². The first-order valence-electron chi connectivity index (χ1n) is 15.4. The number of aromatic amines is 1. The fraction of sp³-hybridized carbons (Fsp3) is 0.594. The number of H-pyrrole nitrogens is 1. The van der Waals surface area contributed by atoms with Crippen LogP contribution in [-0.4, -0.2) is 83.7 Å². The second-order valence-electron chi connectivity index (χ2n) is 12.0. The van der Waals surface area contributed by atoms with Crippen LogP contribution in [0.25, 0.3) is 11.1 Å². The normalized spacial score (nSPS) is 17.3. The number of nitrogens with one attached hydrogen (secondary N) is 2. The molecule has 0 atom stereocenters. The van der Waals surface area contributed by atoms with E-state index in [2.05, 4.69) is 51.8 Å². The van der Waals surface area contributed by atoms with Gasteiger partial charge in [0.15, 0.2) is 5.58 Å². The molecule has 10 nitrogen and oxygen atoms in total. The Morgan fingerprint density at radius 2 is 1.86 bits per heavy atom. The Morgan fingerprint density at radius 3 is 2.50 bits per heavy atom. The zero-order valence-electron chi connectivity index (χ0n) is 26.0. The molecular formula is C32H46N6O4. The van der Waals surface area contributed by atoms with Crippen molar-refractivity contribution in [3.8, 4) is 0 Å². The fourth-order valence-electron chi connectivity index (χ4n) is 6.45. The number of carbonyl (C=O) groups is 1. The van der Waals surface area contributed by atoms with Crippen molar-refractivity contribution in [2.45, 2.75) is 79.6 Å². The van der Waals surface area contributed by atoms with Crippen LogP contribution in [0.2, 0.25) is 0 Å². The number of carbonyl (C=O) groups excluding carboxylic acids is 1. The van der Waals surface area contributed by atoms with Gasteiger partial charge in [0.1, 0.15) is 5.52 Å². The average Bonchev–Trinajstić information content (AvgIpc) is 3.35. The molecule has 2 aromatic heterocycles. The molecule has 3 aromatic rings. The van der Waals surface area contributed by atoms with E-state index in [1.54, 1.807) is 0 Å². The summed E-state index contributed by atoms with van der Waals surface area (Å²) in [6, 6.07) is 4.84. The average molecular weight is 579 g/mol. The second-order valence-corrected chi connectivity index (χ2v) is 12.0. The topological polar surface area (TPSA) is 107 Å². The Hall–Kier alpha value is -3.21. The number of amides is 1. The summed E-state index contributed by atoms with van der Waals surface area (Å²) in [5, 5.41) is 3.02. The largest absolute Gasteiger partial charge is 0.439 e. The van der Waals surface area contributed by atoms with Gasteiger partial charge in [-0.25, -0.2) is 4.98 Å². The molecule has 1 aromatic carbocycles. The molecule has 42 heavy (non-hydrogen) atoms. The maximum atomic E-state index is 13.9. The highest BCUT2D eigenvalue weighted by atomic mass is 16.5. The monoisotopic (exact) mass is 578 g/mol. The van der Waals surface area contributed by atoms with E-state index >= 15 is 0 Å². The number of ether oxygens (including phenoxy) is 1. The van der Waals surface area contributed by atoms with Gasteiger partial charge in [-0.1, -0.05) is 0 Å². The lowest BCUT2D eigenvalue weighted by Gasteiger charge is -2.36. The summed E-state index contributed by atoms with van der Waals surface area (Å²) >= 11 is 0. The lowest BCUT2D eigenvalue weighted by atomic mass is 9.99. The molecule has 10 heteroatoms. The van der Waals surface area contributed by atoms with Crippen molar-refractivity contribution in [2.75, 3.05) is 50.8 Å². The van der Waals surface area contributed by atoms with Crippen molar-refractivity contribution >= 4 is 22.7 Å². The van der Waals surface area contributed by atoms with Gasteiger partial charge in [0.2, 0.25) is 5.89 Å². The minimum absolute atomic E-state index is 0.133. The Kier molecular flexibility index (Phi) is 9.35. The van der Waals surface area contributed by atoms with E-state index in [0.717, 1.165) is 81.3 Å². The first-order valence-corrected chi connectivity index (χ1v) is 15.4. The Labute approximate surface area is 248 Å². The van der Waals surface area contributed by atoms with Gasteiger partial charge in [0.25, 0.3) is 11.5 Å². The molecule has 0 unspecified atom stereocenters. The molecule has 0 radical (unpaired) electrons. The molecule has 2 saturated heterocycles. The van der Waals surface area contributed by atoms with Crippen LogP contribution in [0.3, 0.4) is 0 Å². The molecule has 2 fully saturated rings. The number of hydrogen-bond donors (Lipinski definition) is 2. The number of rotatable bonds is 9. The molecule has 2 aliphatic heterocycles. The quantitative estimate of drug-likeness (QED) is 0.394. The number of pyridine rings is 1. The predicted molar refractivity (Wildman–Crippen MR) is 165 cm³/mol. The van der Waals surface area contributed by atoms with Gasteiger partial charge in [-0.2, -0.15) is 0 Å². The molecule has 0 bridgehead atoms. The third-order valence-electron chi connectivity index (χ3n) is 8.89. The Bertz CT molecular complexity index is 1460. The number of aryl methyl sites for hydroxylation is 2. The third kappa shape index (κ3) is 6.40. The number of fused-ring (bicyclic) bond motifs is 1. The summed E-state index contributed by atoms with van der Waals surface area (Å²) in [4.78, 5) is 41.5. The highest BCUT2D eigenvalue weighted by Crippen LogP contribution is 2.34. The smallest absolute Gasteiger partial charge is 0.254 e. The minimum Gasteiger partial charge on any atom is -0.439 e. The van der Waals surface area contributed by atoms with E-state index in [0.29, 0.717) is 46.7 Å². The number of oxazole rings is 1. The van der Waals surface area contributed by atoms with Crippen molar-refractivity contribution in [3.05, 3.63) is 56.3 Å². The number of piperazine rings is 1. The van der Waals surface area contributed by atoms with Crippen molar-refractivity contribution in [1.82, 2.24) is 25.1 Å². The van der Waals surface area contributed by atoms with Crippen LogP contribution in [0.15, 0.2) is 21.3 Å². The first kappa shape index (κ1) is 30.3. The number of anilines is 1. The van der Waals surface area contributed by atoms with Crippen molar-refractivity contribution in [1.29, 1.82) is 0 Å². The number of hydrogen-bond acceptors (Lipinski definition) is 8. The van der Waals surface area contributed by atoms with Gasteiger partial charge in [0, 0.05) is 87.6 Å². The zero-order valence-corrected chi connectivity index (χ0v) is 26.0. The minimum atomic E-state index is -0.257. The SMILES string of the molecule is CCN(c1cc2oc(CN3CCN(C(C)C)CC3)nc2c(C(=O)NCc2c(C)cc(C)[nH]c2=O)c1C)C1CCOCC1. The molecule has 1 amide bonds. The number of benzene rings is 1. The van der Waals surface area contributed by atoms with Crippen molar-refractivity contribution in [2.24, 2.45) is 0 Å². The first-order chi connectivity index (χ1) is 20.2. The van der Waals surface area contributed by atoms with E-state index in [-0.39, 0.29) is 18.0 Å². The standard InChI is InChI=1S/C32H46N6O4/c1-7-38(24-8-14-41-15-9-24)26-17-27-30(35-28(42-27)19-36-10-12-37(13-11-36)20(2)3)29(23(26)6)32(40)33-18-25-21(4)16-22(5)34-31(25)39/h16-17,20,24H,7-15,18-19H2,1-6H3,(H,33,40)(H,34,39). The van der Waals surface area contributed by atoms with E-state index in [9.17, 15) is 9.59 Å². The van der Waals surface area contributed by atoms with Gasteiger partial charge in [0.05, 0.1) is 12.1 Å². The molecule has 228 valence electrons. The molecule has 0 saturated carbocycles. The molecule has 0 spiro atoms. The molecule has 4 heterocycles. The number of aromatic nitrogens is 2. The highest BCUT2D eigenvalue weighted by molar-refractivity contribution is 6.07. The summed E-state index contributed by atoms with van der Waals surface area (Å²) in [6.45, 7) is 19.3. The lowest BCUT2D eigenvalue weighted by molar-refractivity contribution is 0.0846. The van der Waals surface area contributed by atoms with E-state index in [4.69, 9.17) is 14.1 Å². The summed E-state index contributed by atoms with van der Waals surface area (Å²) in [5.74, 6) is 0.362. The maximum Gasteiger partial charge on any atom is 0.254 e. The Morgan fingerprint density at radius 1 is 1.14 bits per heavy atom. The number of nitrogens with zero attached hydrogens (tertiary/aromatic N) is 4. The van der Waals surface area contributed by atoms with Crippen LogP contribution in [0.4, 0.5) is 5.69 Å².